The SMILES string of the molecule is COc1ccc(N2C(=O)[C@H]3[C@@H](SC(N)=C4C(=O)Oc5c(OC)cccc5[C@H]43)C2=O)cc1OC. The van der Waals surface area contributed by atoms with Crippen molar-refractivity contribution < 1.29 is 33.3 Å². The number of amides is 2. The summed E-state index contributed by atoms with van der Waals surface area (Å²) < 4.78 is 21.5. The van der Waals surface area contributed by atoms with E-state index in [0.29, 0.717) is 28.5 Å². The molecule has 0 spiro atoms. The highest BCUT2D eigenvalue weighted by molar-refractivity contribution is 8.04. The van der Waals surface area contributed by atoms with Gasteiger partial charge in [-0.3, -0.25) is 9.59 Å². The first-order valence-electron chi connectivity index (χ1n) is 10.1. The van der Waals surface area contributed by atoms with Gasteiger partial charge in [0.1, 0.15) is 5.25 Å². The number of thioether (sulfide) groups is 1. The Labute approximate surface area is 193 Å². The van der Waals surface area contributed by atoms with Crippen LogP contribution in [-0.4, -0.2) is 44.4 Å². The molecule has 1 fully saturated rings. The molecule has 3 aliphatic rings. The second-order valence-corrected chi connectivity index (χ2v) is 8.82. The molecule has 3 heterocycles. The second-order valence-electron chi connectivity index (χ2n) is 7.64. The lowest BCUT2D eigenvalue weighted by Gasteiger charge is -2.36. The van der Waals surface area contributed by atoms with Gasteiger partial charge in [-0.1, -0.05) is 23.9 Å². The minimum Gasteiger partial charge on any atom is -0.493 e. The van der Waals surface area contributed by atoms with Crippen molar-refractivity contribution in [3.05, 3.63) is 52.6 Å². The number of carbonyl (C=O) groups is 3. The number of hydrogen-bond acceptors (Lipinski definition) is 9. The van der Waals surface area contributed by atoms with Gasteiger partial charge in [0.25, 0.3) is 0 Å². The quantitative estimate of drug-likeness (QED) is 0.409. The Balaban J connectivity index is 1.64. The Bertz CT molecular complexity index is 1240. The molecular weight excluding hydrogens is 448 g/mol. The van der Waals surface area contributed by atoms with Gasteiger partial charge in [-0.25, -0.2) is 9.69 Å². The number of benzene rings is 2. The van der Waals surface area contributed by atoms with Crippen LogP contribution < -0.4 is 29.6 Å². The summed E-state index contributed by atoms with van der Waals surface area (Å²) in [6.45, 7) is 0. The lowest BCUT2D eigenvalue weighted by molar-refractivity contribution is -0.132. The molecule has 0 radical (unpaired) electrons. The Kier molecular flexibility index (Phi) is 4.97. The van der Waals surface area contributed by atoms with Gasteiger partial charge in [0.2, 0.25) is 11.8 Å². The van der Waals surface area contributed by atoms with Crippen LogP contribution in [0.5, 0.6) is 23.0 Å². The number of ether oxygens (including phenoxy) is 4. The fraction of sp³-hybridized carbons (Fsp3) is 0.261. The van der Waals surface area contributed by atoms with Gasteiger partial charge in [-0.15, -0.1) is 0 Å². The smallest absolute Gasteiger partial charge is 0.342 e. The van der Waals surface area contributed by atoms with Gasteiger partial charge >= 0.3 is 5.97 Å². The zero-order chi connectivity index (χ0) is 23.4. The van der Waals surface area contributed by atoms with Crippen molar-refractivity contribution in [2.24, 2.45) is 11.7 Å². The fourth-order valence-electron chi connectivity index (χ4n) is 4.63. The average Bonchev–Trinajstić information content (AvgIpc) is 3.07. The first kappa shape index (κ1) is 21.2. The summed E-state index contributed by atoms with van der Waals surface area (Å²) in [5.74, 6) is -1.60. The third-order valence-electron chi connectivity index (χ3n) is 6.09. The Morgan fingerprint density at radius 2 is 1.67 bits per heavy atom. The van der Waals surface area contributed by atoms with E-state index in [0.717, 1.165) is 16.7 Å². The van der Waals surface area contributed by atoms with Crippen LogP contribution in [0.15, 0.2) is 47.0 Å². The number of nitrogens with two attached hydrogens (primary N) is 1. The number of anilines is 1. The van der Waals surface area contributed by atoms with Crippen LogP contribution in [0.3, 0.4) is 0 Å². The molecule has 3 aliphatic heterocycles. The van der Waals surface area contributed by atoms with Crippen molar-refractivity contribution in [2.75, 3.05) is 26.2 Å². The lowest BCUT2D eigenvalue weighted by Crippen LogP contribution is -2.39. The van der Waals surface area contributed by atoms with Gasteiger partial charge in [0, 0.05) is 17.5 Å². The number of carbonyl (C=O) groups excluding carboxylic acids is 3. The first-order valence-corrected chi connectivity index (χ1v) is 10.9. The van der Waals surface area contributed by atoms with E-state index in [-0.39, 0.29) is 16.4 Å². The molecule has 0 aliphatic carbocycles. The number of methoxy groups -OCH3 is 3. The van der Waals surface area contributed by atoms with Crippen LogP contribution in [0, 0.1) is 5.92 Å². The number of para-hydroxylation sites is 1. The summed E-state index contributed by atoms with van der Waals surface area (Å²) in [6.07, 6.45) is 0. The molecule has 9 nitrogen and oxygen atoms in total. The number of nitrogens with zero attached hydrogens (tertiary/aromatic N) is 1. The molecule has 0 saturated carbocycles. The van der Waals surface area contributed by atoms with E-state index < -0.39 is 34.9 Å². The molecule has 0 bridgehead atoms. The zero-order valence-electron chi connectivity index (χ0n) is 18.0. The first-order chi connectivity index (χ1) is 15.9. The molecule has 10 heteroatoms. The lowest BCUT2D eigenvalue weighted by atomic mass is 9.77. The molecular formula is C23H20N2O7S. The van der Waals surface area contributed by atoms with E-state index in [1.54, 1.807) is 36.4 Å². The molecule has 2 aromatic carbocycles. The number of rotatable bonds is 4. The molecule has 5 rings (SSSR count). The maximum absolute atomic E-state index is 13.7. The summed E-state index contributed by atoms with van der Waals surface area (Å²) in [7, 11) is 4.43. The van der Waals surface area contributed by atoms with Gasteiger partial charge < -0.3 is 24.7 Å². The van der Waals surface area contributed by atoms with E-state index in [4.69, 9.17) is 24.7 Å². The van der Waals surface area contributed by atoms with Gasteiger partial charge in [-0.2, -0.15) is 0 Å². The van der Waals surface area contributed by atoms with Crippen LogP contribution in [0.2, 0.25) is 0 Å². The molecule has 33 heavy (non-hydrogen) atoms. The summed E-state index contributed by atoms with van der Waals surface area (Å²) in [5.41, 5.74) is 7.35. The van der Waals surface area contributed by atoms with Crippen LogP contribution in [0.4, 0.5) is 5.69 Å². The molecule has 1 saturated heterocycles. The largest absolute Gasteiger partial charge is 0.493 e. The molecule has 170 valence electrons. The average molecular weight is 468 g/mol. The van der Waals surface area contributed by atoms with Crippen molar-refractivity contribution in [3.63, 3.8) is 0 Å². The van der Waals surface area contributed by atoms with E-state index in [9.17, 15) is 14.4 Å². The van der Waals surface area contributed by atoms with E-state index >= 15 is 0 Å². The van der Waals surface area contributed by atoms with Crippen LogP contribution in [0.1, 0.15) is 11.5 Å². The number of fused-ring (bicyclic) bond motifs is 5. The van der Waals surface area contributed by atoms with Crippen molar-refractivity contribution >= 4 is 35.2 Å². The topological polar surface area (TPSA) is 117 Å². The third kappa shape index (κ3) is 2.97. The number of esters is 1. The van der Waals surface area contributed by atoms with Gasteiger partial charge in [0.05, 0.1) is 43.5 Å². The van der Waals surface area contributed by atoms with Crippen LogP contribution in [-0.2, 0) is 14.4 Å². The van der Waals surface area contributed by atoms with Crippen molar-refractivity contribution in [3.8, 4) is 23.0 Å². The summed E-state index contributed by atoms with van der Waals surface area (Å²) in [4.78, 5) is 41.2. The van der Waals surface area contributed by atoms with Crippen molar-refractivity contribution in [1.82, 2.24) is 0 Å². The maximum Gasteiger partial charge on any atom is 0.342 e. The van der Waals surface area contributed by atoms with Gasteiger partial charge in [-0.05, 0) is 18.2 Å². The number of hydrogen-bond donors (Lipinski definition) is 1. The fourth-order valence-corrected chi connectivity index (χ4v) is 5.87. The van der Waals surface area contributed by atoms with Gasteiger partial charge in [0.15, 0.2) is 23.0 Å². The third-order valence-corrected chi connectivity index (χ3v) is 7.31. The molecule has 2 N–H and O–H groups in total. The van der Waals surface area contributed by atoms with E-state index in [1.807, 2.05) is 0 Å². The highest BCUT2D eigenvalue weighted by Crippen LogP contribution is 2.56. The maximum atomic E-state index is 13.7. The minimum atomic E-state index is -0.836. The predicted octanol–water partition coefficient (Wildman–Crippen LogP) is 2.19. The monoisotopic (exact) mass is 468 g/mol. The molecule has 3 atom stereocenters. The normalized spacial score (nSPS) is 23.5. The molecule has 2 amide bonds. The highest BCUT2D eigenvalue weighted by atomic mass is 32.2. The molecule has 2 aromatic rings. The standard InChI is InChI=1S/C23H20N2O7S/c1-29-12-8-7-10(9-14(12)31-3)25-21(26)16-15-11-5-4-6-13(30-2)18(11)32-23(28)17(15)20(24)33-19(16)22(25)27/h4-9,15-16,19H,24H2,1-3H3/t15-,16+,19+/m0/s1. The zero-order valence-corrected chi connectivity index (χ0v) is 18.8. The second kappa shape index (κ2) is 7.73. The Hall–Kier alpha value is -3.66. The summed E-state index contributed by atoms with van der Waals surface area (Å²) in [6, 6.07) is 9.97. The van der Waals surface area contributed by atoms with Crippen LogP contribution >= 0.6 is 11.8 Å². The Morgan fingerprint density at radius 3 is 2.36 bits per heavy atom. The van der Waals surface area contributed by atoms with Crippen molar-refractivity contribution in [1.29, 1.82) is 0 Å². The molecule has 0 unspecified atom stereocenters. The Morgan fingerprint density at radius 1 is 0.939 bits per heavy atom. The van der Waals surface area contributed by atoms with E-state index in [2.05, 4.69) is 0 Å². The highest BCUT2D eigenvalue weighted by Gasteiger charge is 2.59. The van der Waals surface area contributed by atoms with Crippen LogP contribution in [0.25, 0.3) is 0 Å². The molecule has 0 aromatic heterocycles. The number of imide groups is 1. The summed E-state index contributed by atoms with van der Waals surface area (Å²) >= 11 is 1.02. The minimum absolute atomic E-state index is 0.176. The predicted molar refractivity (Wildman–Crippen MR) is 119 cm³/mol. The van der Waals surface area contributed by atoms with E-state index in [1.165, 1.54) is 21.3 Å². The summed E-state index contributed by atoms with van der Waals surface area (Å²) in [5, 5.41) is -0.612. The van der Waals surface area contributed by atoms with Crippen molar-refractivity contribution in [2.45, 2.75) is 11.2 Å².